The molecule has 0 spiro atoms. The Bertz CT molecular complexity index is 962. The molecule has 2 N–H and O–H groups in total. The van der Waals surface area contributed by atoms with Crippen molar-refractivity contribution in [3.05, 3.63) is 65.2 Å². The van der Waals surface area contributed by atoms with E-state index in [-0.39, 0.29) is 24.4 Å². The van der Waals surface area contributed by atoms with E-state index in [9.17, 15) is 9.59 Å². The zero-order valence-corrected chi connectivity index (χ0v) is 18.1. The smallest absolute Gasteiger partial charge is 0.261 e. The number of rotatable bonds is 6. The summed E-state index contributed by atoms with van der Waals surface area (Å²) in [6, 6.07) is 15.6. The minimum absolute atomic E-state index is 0.0630. The number of benzene rings is 2. The molecule has 7 nitrogen and oxygen atoms in total. The molecule has 162 valence electrons. The number of hydrogen-bond donors (Lipinski definition) is 2. The van der Waals surface area contributed by atoms with Crippen molar-refractivity contribution >= 4 is 23.5 Å². The Balaban J connectivity index is 1.32. The molecule has 2 aromatic rings. The molecular weight excluding hydrogens is 390 g/mol. The summed E-state index contributed by atoms with van der Waals surface area (Å²) in [5.41, 5.74) is 3.40. The largest absolute Gasteiger partial charge is 0.372 e. The molecule has 4 rings (SSSR count). The second kappa shape index (κ2) is 9.20. The Hall–Kier alpha value is -3.35. The van der Waals surface area contributed by atoms with E-state index in [0.29, 0.717) is 23.6 Å². The Morgan fingerprint density at radius 3 is 2.35 bits per heavy atom. The van der Waals surface area contributed by atoms with E-state index in [1.165, 1.54) is 29.0 Å². The Morgan fingerprint density at radius 1 is 1.03 bits per heavy atom. The molecule has 2 aliphatic rings. The molecule has 1 saturated heterocycles. The van der Waals surface area contributed by atoms with Crippen LogP contribution < -0.4 is 15.5 Å². The highest BCUT2D eigenvalue weighted by Crippen LogP contribution is 2.24. The molecule has 2 heterocycles. The van der Waals surface area contributed by atoms with Crippen LogP contribution in [0.4, 0.5) is 5.69 Å². The number of amides is 2. The van der Waals surface area contributed by atoms with Gasteiger partial charge < -0.3 is 15.5 Å². The quantitative estimate of drug-likeness (QED) is 0.428. The third-order valence-corrected chi connectivity index (χ3v) is 5.92. The van der Waals surface area contributed by atoms with Crippen LogP contribution in [-0.4, -0.2) is 55.9 Å². The van der Waals surface area contributed by atoms with Crippen molar-refractivity contribution in [2.24, 2.45) is 4.99 Å². The van der Waals surface area contributed by atoms with Crippen LogP contribution in [0.2, 0.25) is 0 Å². The standard InChI is InChI=1S/C24H29N5O2/c1-17(18-8-7-9-19(16-18)28-13-5-6-14-28)27-24(25-2)26-12-15-29-22(30)20-10-3-4-11-21(20)23(29)31/h3-4,7-11,16-17H,5-6,12-15H2,1-2H3,(H2,25,26,27). The maximum absolute atomic E-state index is 12.5. The van der Waals surface area contributed by atoms with Gasteiger partial charge in [0.2, 0.25) is 0 Å². The summed E-state index contributed by atoms with van der Waals surface area (Å²) in [7, 11) is 1.71. The number of carbonyl (C=O) groups is 2. The van der Waals surface area contributed by atoms with Gasteiger partial charge in [-0.1, -0.05) is 24.3 Å². The molecule has 2 amide bonds. The van der Waals surface area contributed by atoms with Crippen LogP contribution in [0, 0.1) is 0 Å². The summed E-state index contributed by atoms with van der Waals surface area (Å²) in [5.74, 6) is 0.158. The number of nitrogens with zero attached hydrogens (tertiary/aromatic N) is 3. The fraction of sp³-hybridized carbons (Fsp3) is 0.375. The monoisotopic (exact) mass is 419 g/mol. The van der Waals surface area contributed by atoms with E-state index >= 15 is 0 Å². The van der Waals surface area contributed by atoms with Gasteiger partial charge >= 0.3 is 0 Å². The zero-order chi connectivity index (χ0) is 21.8. The summed E-state index contributed by atoms with van der Waals surface area (Å²) in [6.45, 7) is 5.04. The van der Waals surface area contributed by atoms with Gasteiger partial charge in [0, 0.05) is 38.9 Å². The highest BCUT2D eigenvalue weighted by atomic mass is 16.2. The predicted molar refractivity (Wildman–Crippen MR) is 123 cm³/mol. The van der Waals surface area contributed by atoms with Crippen molar-refractivity contribution in [2.45, 2.75) is 25.8 Å². The van der Waals surface area contributed by atoms with E-state index in [4.69, 9.17) is 0 Å². The number of imide groups is 1. The molecule has 2 aromatic carbocycles. The first kappa shape index (κ1) is 20.9. The molecule has 0 bridgehead atoms. The topological polar surface area (TPSA) is 77.0 Å². The molecule has 1 unspecified atom stereocenters. The van der Waals surface area contributed by atoms with E-state index in [0.717, 1.165) is 13.1 Å². The number of anilines is 1. The van der Waals surface area contributed by atoms with Gasteiger partial charge in [0.05, 0.1) is 17.2 Å². The van der Waals surface area contributed by atoms with Crippen molar-refractivity contribution in [2.75, 3.05) is 38.1 Å². The maximum Gasteiger partial charge on any atom is 0.261 e. The van der Waals surface area contributed by atoms with Gasteiger partial charge in [0.25, 0.3) is 11.8 Å². The number of fused-ring (bicyclic) bond motifs is 1. The highest BCUT2D eigenvalue weighted by molar-refractivity contribution is 6.21. The third kappa shape index (κ3) is 4.40. The van der Waals surface area contributed by atoms with Crippen LogP contribution in [0.1, 0.15) is 52.1 Å². The summed E-state index contributed by atoms with van der Waals surface area (Å²) in [5, 5.41) is 6.61. The average molecular weight is 420 g/mol. The molecule has 7 heteroatoms. The fourth-order valence-corrected chi connectivity index (χ4v) is 4.18. The summed E-state index contributed by atoms with van der Waals surface area (Å²) < 4.78 is 0. The lowest BCUT2D eigenvalue weighted by Gasteiger charge is -2.22. The molecule has 1 atom stereocenters. The van der Waals surface area contributed by atoms with Crippen LogP contribution >= 0.6 is 0 Å². The Kier molecular flexibility index (Phi) is 6.21. The number of nitrogens with one attached hydrogen (secondary N) is 2. The van der Waals surface area contributed by atoms with E-state index in [1.54, 1.807) is 31.3 Å². The van der Waals surface area contributed by atoms with Crippen LogP contribution in [0.25, 0.3) is 0 Å². The molecule has 2 aliphatic heterocycles. The Morgan fingerprint density at radius 2 is 1.71 bits per heavy atom. The lowest BCUT2D eigenvalue weighted by molar-refractivity contribution is 0.0657. The Labute approximate surface area is 183 Å². The highest BCUT2D eigenvalue weighted by Gasteiger charge is 2.34. The van der Waals surface area contributed by atoms with Crippen LogP contribution in [-0.2, 0) is 0 Å². The van der Waals surface area contributed by atoms with Crippen LogP contribution in [0.3, 0.4) is 0 Å². The van der Waals surface area contributed by atoms with Gasteiger partial charge in [-0.2, -0.15) is 0 Å². The fourth-order valence-electron chi connectivity index (χ4n) is 4.18. The minimum Gasteiger partial charge on any atom is -0.372 e. The first-order valence-electron chi connectivity index (χ1n) is 10.9. The maximum atomic E-state index is 12.5. The average Bonchev–Trinajstić information content (AvgIpc) is 3.42. The molecule has 0 aliphatic carbocycles. The molecule has 0 radical (unpaired) electrons. The third-order valence-electron chi connectivity index (χ3n) is 5.92. The number of hydrogen-bond acceptors (Lipinski definition) is 4. The van der Waals surface area contributed by atoms with Gasteiger partial charge in [0.1, 0.15) is 0 Å². The number of carbonyl (C=O) groups excluding carboxylic acids is 2. The van der Waals surface area contributed by atoms with E-state index < -0.39 is 0 Å². The lowest BCUT2D eigenvalue weighted by atomic mass is 10.1. The van der Waals surface area contributed by atoms with Crippen molar-refractivity contribution in [3.63, 3.8) is 0 Å². The van der Waals surface area contributed by atoms with Crippen molar-refractivity contribution < 1.29 is 9.59 Å². The molecule has 0 aromatic heterocycles. The number of aliphatic imine (C=N–C) groups is 1. The summed E-state index contributed by atoms with van der Waals surface area (Å²) in [4.78, 5) is 33.0. The first-order valence-corrected chi connectivity index (χ1v) is 10.9. The second-order valence-corrected chi connectivity index (χ2v) is 7.96. The van der Waals surface area contributed by atoms with Gasteiger partial charge in [-0.3, -0.25) is 19.5 Å². The second-order valence-electron chi connectivity index (χ2n) is 7.96. The minimum atomic E-state index is -0.238. The van der Waals surface area contributed by atoms with Crippen LogP contribution in [0.15, 0.2) is 53.5 Å². The van der Waals surface area contributed by atoms with Gasteiger partial charge in [-0.25, -0.2) is 0 Å². The van der Waals surface area contributed by atoms with Crippen molar-refractivity contribution in [3.8, 4) is 0 Å². The molecule has 0 saturated carbocycles. The SMILES string of the molecule is CN=C(NCCN1C(=O)c2ccccc2C1=O)NC(C)c1cccc(N2CCCC2)c1. The van der Waals surface area contributed by atoms with Crippen LogP contribution in [0.5, 0.6) is 0 Å². The number of guanidine groups is 1. The van der Waals surface area contributed by atoms with Gasteiger partial charge in [-0.05, 0) is 49.6 Å². The van der Waals surface area contributed by atoms with Crippen molar-refractivity contribution in [1.82, 2.24) is 15.5 Å². The van der Waals surface area contributed by atoms with Gasteiger partial charge in [0.15, 0.2) is 5.96 Å². The molecular formula is C24H29N5O2. The van der Waals surface area contributed by atoms with E-state index in [1.807, 2.05) is 0 Å². The zero-order valence-electron chi connectivity index (χ0n) is 18.1. The van der Waals surface area contributed by atoms with Gasteiger partial charge in [-0.15, -0.1) is 0 Å². The summed E-state index contributed by atoms with van der Waals surface area (Å²) >= 11 is 0. The molecule has 31 heavy (non-hydrogen) atoms. The van der Waals surface area contributed by atoms with Crippen molar-refractivity contribution in [1.29, 1.82) is 0 Å². The van der Waals surface area contributed by atoms with E-state index in [2.05, 4.69) is 51.7 Å². The normalized spacial score (nSPS) is 17.2. The molecule has 1 fully saturated rings. The predicted octanol–water partition coefficient (Wildman–Crippen LogP) is 2.81. The lowest BCUT2D eigenvalue weighted by Crippen LogP contribution is -2.43. The summed E-state index contributed by atoms with van der Waals surface area (Å²) in [6.07, 6.45) is 2.50. The first-order chi connectivity index (χ1) is 15.1.